The van der Waals surface area contributed by atoms with Crippen LogP contribution in [0.4, 0.5) is 0 Å². The summed E-state index contributed by atoms with van der Waals surface area (Å²) in [5, 5.41) is 0. The van der Waals surface area contributed by atoms with Gasteiger partial charge in [0.05, 0.1) is 33.0 Å². The Morgan fingerprint density at radius 2 is 0.765 bits per heavy atom. The Labute approximate surface area is 212 Å². The highest BCUT2D eigenvalue weighted by molar-refractivity contribution is 5.69. The Balaban J connectivity index is 3.12. The topological polar surface area (TPSA) is 54.0 Å². The molecular formula is C29H58O5. The van der Waals surface area contributed by atoms with Crippen molar-refractivity contribution < 1.29 is 23.7 Å². The van der Waals surface area contributed by atoms with Gasteiger partial charge < -0.3 is 18.9 Å². The monoisotopic (exact) mass is 486 g/mol. The Morgan fingerprint density at radius 3 is 1.24 bits per heavy atom. The molecule has 5 nitrogen and oxygen atoms in total. The first-order valence-electron chi connectivity index (χ1n) is 14.7. The lowest BCUT2D eigenvalue weighted by atomic mass is 10.1. The van der Waals surface area contributed by atoms with Crippen molar-refractivity contribution in [2.75, 3.05) is 46.2 Å². The van der Waals surface area contributed by atoms with E-state index in [0.717, 1.165) is 25.9 Å². The molecule has 0 heterocycles. The summed E-state index contributed by atoms with van der Waals surface area (Å²) in [5.74, 6) is -0.105. The summed E-state index contributed by atoms with van der Waals surface area (Å²) in [6.07, 6.45) is 23.2. The van der Waals surface area contributed by atoms with Crippen molar-refractivity contribution in [3.63, 3.8) is 0 Å². The third-order valence-corrected chi connectivity index (χ3v) is 6.07. The van der Waals surface area contributed by atoms with Crippen molar-refractivity contribution in [1.82, 2.24) is 0 Å². The van der Waals surface area contributed by atoms with E-state index in [1.54, 1.807) is 0 Å². The van der Waals surface area contributed by atoms with Gasteiger partial charge in [-0.3, -0.25) is 4.79 Å². The van der Waals surface area contributed by atoms with E-state index in [9.17, 15) is 4.79 Å². The van der Waals surface area contributed by atoms with E-state index in [4.69, 9.17) is 18.9 Å². The lowest BCUT2D eigenvalue weighted by Crippen LogP contribution is -2.11. The van der Waals surface area contributed by atoms with Gasteiger partial charge in [0.1, 0.15) is 0 Å². The first kappa shape index (κ1) is 33.4. The van der Waals surface area contributed by atoms with Crippen molar-refractivity contribution in [3.8, 4) is 0 Å². The average Bonchev–Trinajstić information content (AvgIpc) is 2.84. The number of carbonyl (C=O) groups excluding carboxylic acids is 1. The zero-order chi connectivity index (χ0) is 24.8. The summed E-state index contributed by atoms with van der Waals surface area (Å²) >= 11 is 0. The lowest BCUT2D eigenvalue weighted by molar-refractivity contribution is -0.144. The zero-order valence-electron chi connectivity index (χ0n) is 22.9. The van der Waals surface area contributed by atoms with Crippen LogP contribution in [0.3, 0.4) is 0 Å². The normalized spacial score (nSPS) is 11.2. The first-order valence-corrected chi connectivity index (χ1v) is 14.7. The van der Waals surface area contributed by atoms with Gasteiger partial charge in [0.2, 0.25) is 0 Å². The Morgan fingerprint density at radius 1 is 0.412 bits per heavy atom. The molecule has 0 aromatic rings. The van der Waals surface area contributed by atoms with Crippen LogP contribution in [0.2, 0.25) is 0 Å². The van der Waals surface area contributed by atoms with E-state index in [1.807, 2.05) is 0 Å². The lowest BCUT2D eigenvalue weighted by Gasteiger charge is -2.07. The van der Waals surface area contributed by atoms with Crippen LogP contribution in [-0.2, 0) is 23.7 Å². The largest absolute Gasteiger partial charge is 0.466 e. The summed E-state index contributed by atoms with van der Waals surface area (Å²) in [6.45, 7) is 8.89. The summed E-state index contributed by atoms with van der Waals surface area (Å²) in [4.78, 5) is 11.7. The molecule has 0 aromatic heterocycles. The van der Waals surface area contributed by atoms with E-state index in [0.29, 0.717) is 52.5 Å². The molecule has 0 spiro atoms. The third kappa shape index (κ3) is 29.4. The predicted molar refractivity (Wildman–Crippen MR) is 142 cm³/mol. The standard InChI is InChI=1S/C29H58O5/c1-3-5-7-9-11-13-14-16-18-22-31-25-27-33-28-26-32-23-20-21-29(30)34-24-19-17-15-12-10-8-6-4-2/h3-28H2,1-2H3. The van der Waals surface area contributed by atoms with Crippen LogP contribution in [0.1, 0.15) is 136 Å². The fourth-order valence-corrected chi connectivity index (χ4v) is 3.87. The van der Waals surface area contributed by atoms with E-state index in [1.165, 1.54) is 89.9 Å². The summed E-state index contributed by atoms with van der Waals surface area (Å²) in [5.41, 5.74) is 0. The quantitative estimate of drug-likeness (QED) is 0.0791. The van der Waals surface area contributed by atoms with Crippen molar-refractivity contribution in [2.45, 2.75) is 136 Å². The molecule has 5 heteroatoms. The van der Waals surface area contributed by atoms with Crippen molar-refractivity contribution in [2.24, 2.45) is 0 Å². The summed E-state index contributed by atoms with van der Waals surface area (Å²) in [7, 11) is 0. The maximum absolute atomic E-state index is 11.7. The van der Waals surface area contributed by atoms with E-state index < -0.39 is 0 Å². The molecule has 0 aliphatic rings. The molecule has 0 fully saturated rings. The van der Waals surface area contributed by atoms with Crippen LogP contribution in [-0.4, -0.2) is 52.2 Å². The molecule has 0 aliphatic carbocycles. The van der Waals surface area contributed by atoms with Crippen molar-refractivity contribution in [1.29, 1.82) is 0 Å². The zero-order valence-corrected chi connectivity index (χ0v) is 22.9. The number of hydrogen-bond acceptors (Lipinski definition) is 5. The smallest absolute Gasteiger partial charge is 0.305 e. The van der Waals surface area contributed by atoms with E-state index in [2.05, 4.69) is 13.8 Å². The Hall–Kier alpha value is -0.650. The predicted octanol–water partition coefficient (Wildman–Crippen LogP) is 8.03. The SMILES string of the molecule is CCCCCCCCCCCOCCOCCOCCCC(=O)OCCCCCCCCCC. The number of esters is 1. The highest BCUT2D eigenvalue weighted by Gasteiger charge is 2.02. The van der Waals surface area contributed by atoms with Gasteiger partial charge in [-0.05, 0) is 19.3 Å². The molecule has 0 bridgehead atoms. The number of rotatable bonds is 29. The van der Waals surface area contributed by atoms with Gasteiger partial charge in [-0.1, -0.05) is 110 Å². The van der Waals surface area contributed by atoms with Gasteiger partial charge in [0, 0.05) is 19.6 Å². The molecule has 0 rings (SSSR count). The molecule has 0 unspecified atom stereocenters. The van der Waals surface area contributed by atoms with Gasteiger partial charge >= 0.3 is 5.97 Å². The molecule has 0 radical (unpaired) electrons. The third-order valence-electron chi connectivity index (χ3n) is 6.07. The van der Waals surface area contributed by atoms with E-state index >= 15 is 0 Å². The van der Waals surface area contributed by atoms with Crippen molar-refractivity contribution in [3.05, 3.63) is 0 Å². The van der Waals surface area contributed by atoms with Crippen LogP contribution >= 0.6 is 0 Å². The average molecular weight is 487 g/mol. The van der Waals surface area contributed by atoms with Crippen LogP contribution in [0.15, 0.2) is 0 Å². The maximum Gasteiger partial charge on any atom is 0.305 e. The molecule has 0 N–H and O–H groups in total. The fourth-order valence-electron chi connectivity index (χ4n) is 3.87. The van der Waals surface area contributed by atoms with Gasteiger partial charge in [0.15, 0.2) is 0 Å². The minimum absolute atomic E-state index is 0.105. The Kier molecular flexibility index (Phi) is 29.8. The van der Waals surface area contributed by atoms with Crippen LogP contribution in [0.25, 0.3) is 0 Å². The second kappa shape index (κ2) is 30.4. The molecular weight excluding hydrogens is 428 g/mol. The molecule has 0 saturated carbocycles. The van der Waals surface area contributed by atoms with Gasteiger partial charge in [-0.15, -0.1) is 0 Å². The second-order valence-corrected chi connectivity index (χ2v) is 9.46. The van der Waals surface area contributed by atoms with Crippen LogP contribution < -0.4 is 0 Å². The number of hydrogen-bond donors (Lipinski definition) is 0. The highest BCUT2D eigenvalue weighted by Crippen LogP contribution is 2.10. The first-order chi connectivity index (χ1) is 16.8. The van der Waals surface area contributed by atoms with Crippen LogP contribution in [0, 0.1) is 0 Å². The molecule has 0 aromatic carbocycles. The minimum atomic E-state index is -0.105. The fraction of sp³-hybridized carbons (Fsp3) is 0.966. The van der Waals surface area contributed by atoms with Gasteiger partial charge in [-0.2, -0.15) is 0 Å². The highest BCUT2D eigenvalue weighted by atomic mass is 16.5. The molecule has 0 atom stereocenters. The van der Waals surface area contributed by atoms with Crippen molar-refractivity contribution >= 4 is 5.97 Å². The summed E-state index contributed by atoms with van der Waals surface area (Å²) in [6, 6.07) is 0. The summed E-state index contributed by atoms with van der Waals surface area (Å²) < 4.78 is 22.0. The van der Waals surface area contributed by atoms with E-state index in [-0.39, 0.29) is 5.97 Å². The Bertz CT molecular complexity index is 389. The molecule has 34 heavy (non-hydrogen) atoms. The minimum Gasteiger partial charge on any atom is -0.466 e. The molecule has 0 amide bonds. The number of ether oxygens (including phenoxy) is 4. The van der Waals surface area contributed by atoms with Gasteiger partial charge in [0.25, 0.3) is 0 Å². The maximum atomic E-state index is 11.7. The number of carbonyl (C=O) groups is 1. The van der Waals surface area contributed by atoms with Gasteiger partial charge in [-0.25, -0.2) is 0 Å². The van der Waals surface area contributed by atoms with Crippen LogP contribution in [0.5, 0.6) is 0 Å². The number of unbranched alkanes of at least 4 members (excludes halogenated alkanes) is 15. The molecule has 204 valence electrons. The second-order valence-electron chi connectivity index (χ2n) is 9.46. The molecule has 0 saturated heterocycles. The molecule has 0 aliphatic heterocycles.